The molecule has 0 N–H and O–H groups in total. The summed E-state index contributed by atoms with van der Waals surface area (Å²) in [6, 6.07) is 20.6. The van der Waals surface area contributed by atoms with Crippen molar-refractivity contribution in [1.29, 1.82) is 0 Å². The number of hydrogen-bond acceptors (Lipinski definition) is 20. The van der Waals surface area contributed by atoms with Gasteiger partial charge in [-0.15, -0.1) is 0 Å². The monoisotopic (exact) mass is 1180 g/mol. The van der Waals surface area contributed by atoms with E-state index in [9.17, 15) is 38.4 Å². The van der Waals surface area contributed by atoms with Crippen LogP contribution in [-0.4, -0.2) is 72.9 Å². The summed E-state index contributed by atoms with van der Waals surface area (Å²) >= 11 is 0. The number of ether oxygens (including phenoxy) is 4. The van der Waals surface area contributed by atoms with Crippen molar-refractivity contribution in [3.63, 3.8) is 0 Å². The van der Waals surface area contributed by atoms with E-state index in [0.717, 1.165) is 44.5 Å². The van der Waals surface area contributed by atoms with Crippen molar-refractivity contribution < 1.29 is 96.4 Å². The average Bonchev–Trinajstić information content (AvgIpc) is 0.880. The van der Waals surface area contributed by atoms with Gasteiger partial charge < -0.3 is 18.9 Å². The van der Waals surface area contributed by atoms with E-state index in [-0.39, 0.29) is 45.9 Å². The molecule has 20 heteroatoms. The Hall–Kier alpha value is -8.16. The van der Waals surface area contributed by atoms with Crippen LogP contribution in [0.15, 0.2) is 72.8 Å². The smallest absolute Gasteiger partial charge is 0.428 e. The molecule has 4 saturated carbocycles. The Labute approximate surface area is 494 Å². The number of carbonyl (C=O) groups is 8. The van der Waals surface area contributed by atoms with Gasteiger partial charge in [-0.3, -0.25) is 0 Å². The molecule has 0 atom stereocenters. The largest absolute Gasteiger partial charge is 0.550 e. The van der Waals surface area contributed by atoms with Gasteiger partial charge in [-0.05, 0) is 236 Å². The summed E-state index contributed by atoms with van der Waals surface area (Å²) in [5, 5.41) is 0. The van der Waals surface area contributed by atoms with E-state index in [1.165, 1.54) is 0 Å². The van der Waals surface area contributed by atoms with Crippen molar-refractivity contribution in [2.45, 2.75) is 183 Å². The third-order valence-corrected chi connectivity index (χ3v) is 17.1. The van der Waals surface area contributed by atoms with Crippen molar-refractivity contribution in [3.05, 3.63) is 140 Å². The Morgan fingerprint density at radius 3 is 0.588 bits per heavy atom. The molecule has 4 aromatic carbocycles. The van der Waals surface area contributed by atoms with E-state index < -0.39 is 78.3 Å². The maximum atomic E-state index is 13.1. The highest BCUT2D eigenvalue weighted by Crippen LogP contribution is 2.63. The second-order valence-corrected chi connectivity index (χ2v) is 23.7. The molecule has 0 aromatic heterocycles. The first-order chi connectivity index (χ1) is 40.6. The molecule has 0 unspecified atom stereocenters. The van der Waals surface area contributed by atoms with Crippen LogP contribution >= 0.6 is 0 Å². The first kappa shape index (κ1) is 62.9. The topological polar surface area (TPSA) is 247 Å². The molecule has 0 radical (unpaired) electrons. The van der Waals surface area contributed by atoms with E-state index in [0.29, 0.717) is 103 Å². The van der Waals surface area contributed by atoms with Gasteiger partial charge in [0.05, 0.1) is 22.3 Å². The zero-order valence-corrected chi connectivity index (χ0v) is 49.5. The van der Waals surface area contributed by atoms with Gasteiger partial charge in [-0.1, -0.05) is 68.8 Å². The van der Waals surface area contributed by atoms with Crippen LogP contribution in [-0.2, 0) is 58.0 Å². The lowest BCUT2D eigenvalue weighted by Gasteiger charge is -2.60. The third kappa shape index (κ3) is 17.0. The average molecular weight is 1180 g/mol. The minimum atomic E-state index is -1.14. The molecule has 0 amide bonds. The highest BCUT2D eigenvalue weighted by atomic mass is 17.3. The molecule has 85 heavy (non-hydrogen) atoms. The van der Waals surface area contributed by atoms with Gasteiger partial charge in [0.2, 0.25) is 0 Å². The number of rotatable bonds is 12. The van der Waals surface area contributed by atoms with Crippen LogP contribution in [0, 0.1) is 84.5 Å². The van der Waals surface area contributed by atoms with Crippen LogP contribution in [0.3, 0.4) is 0 Å². The molecule has 8 rings (SSSR count). The number of hydrogen-bond donors (Lipinski definition) is 0. The minimum Gasteiger partial charge on any atom is -0.428 e. The van der Waals surface area contributed by atoms with Gasteiger partial charge >= 0.3 is 48.5 Å². The van der Waals surface area contributed by atoms with Gasteiger partial charge in [0.1, 0.15) is 24.4 Å². The molecule has 0 heterocycles. The van der Waals surface area contributed by atoms with Crippen molar-refractivity contribution in [1.82, 2.24) is 0 Å². The first-order valence-electron chi connectivity index (χ1n) is 29.3. The minimum absolute atomic E-state index is 0.0528. The fourth-order valence-corrected chi connectivity index (χ4v) is 14.2. The second-order valence-electron chi connectivity index (χ2n) is 23.7. The highest BCUT2D eigenvalue weighted by Gasteiger charge is 2.57. The molecular formula is C65H76O20. The lowest BCUT2D eigenvalue weighted by atomic mass is 9.45. The number of benzene rings is 4. The fourth-order valence-electron chi connectivity index (χ4n) is 14.2. The van der Waals surface area contributed by atoms with Crippen molar-refractivity contribution >= 4 is 48.5 Å². The van der Waals surface area contributed by atoms with E-state index >= 15 is 0 Å². The summed E-state index contributed by atoms with van der Waals surface area (Å²) in [6.07, 6.45) is 2.04. The molecule has 0 aliphatic heterocycles. The van der Waals surface area contributed by atoms with Crippen molar-refractivity contribution in [2.75, 3.05) is 0 Å². The third-order valence-electron chi connectivity index (χ3n) is 17.1. The van der Waals surface area contributed by atoms with Gasteiger partial charge in [-0.2, -0.15) is 19.2 Å². The van der Waals surface area contributed by atoms with Gasteiger partial charge in [0.25, 0.3) is 0 Å². The quantitative estimate of drug-likeness (QED) is 0.0553. The van der Waals surface area contributed by atoms with Crippen LogP contribution in [0.4, 0.5) is 19.2 Å². The Kier molecular flexibility index (Phi) is 21.2. The predicted octanol–water partition coefficient (Wildman–Crippen LogP) is 14.4. The molecule has 0 bridgehead atoms. The molecule has 4 aliphatic rings. The zero-order valence-electron chi connectivity index (χ0n) is 49.5. The lowest BCUT2D eigenvalue weighted by Crippen LogP contribution is -2.54. The van der Waals surface area contributed by atoms with Crippen LogP contribution < -0.4 is 0 Å². The normalized spacial score (nSPS) is 22.8. The van der Waals surface area contributed by atoms with Crippen LogP contribution in [0.5, 0.6) is 0 Å². The lowest BCUT2D eigenvalue weighted by molar-refractivity contribution is -0.213. The molecule has 4 fully saturated rings. The Balaban J connectivity index is 0.979. The zero-order chi connectivity index (χ0) is 61.0. The Bertz CT molecular complexity index is 2590. The van der Waals surface area contributed by atoms with E-state index in [4.69, 9.17) is 58.0 Å². The molecular weight excluding hydrogens is 1100 g/mol. The van der Waals surface area contributed by atoms with Crippen LogP contribution in [0.2, 0.25) is 0 Å². The molecule has 0 spiro atoms. The van der Waals surface area contributed by atoms with Crippen LogP contribution in [0.25, 0.3) is 0 Å². The highest BCUT2D eigenvalue weighted by molar-refractivity contribution is 5.91. The van der Waals surface area contributed by atoms with Gasteiger partial charge in [0, 0.05) is 0 Å². The standard InChI is InChI=1S/C65H76O20/c1-37-25-38(2)30-45(29-37)57(66)78-82-61(70)74-53-17-9-49(10-18-53)65(50-11-19-54(20-12-50)75-62(71)83-79-58(67)46-31-39(3)26-40(4)32-46,51-13-21-55(22-14-51)76-63(72)84-80-59(68)47-33-41(5)27-42(6)34-47)52-15-23-56(24-16-52)77-64(73)85-81-60(69)48-35-43(7)28-44(8)36-48/h25-36,49-56H,9-24H2,1-8H3. The SMILES string of the molecule is Cc1cc(C)cc(C(=O)OOC(=O)OC2CCC(C(C3CCC(OC(=O)OOC(=O)c4cc(C)cc(C)c4)CC3)(C3CCC(OC(=O)OOC(=O)c4cc(C)cc(C)c4)CC3)C3CCC(OC(=O)OOC(=O)c4cc(C)cc(C)c4)CC3)CC2)c1. The maximum Gasteiger partial charge on any atom is 0.550 e. The molecule has 4 aliphatic carbocycles. The molecule has 0 saturated heterocycles. The molecule has 20 nitrogen and oxygen atoms in total. The molecule has 456 valence electrons. The first-order valence-corrected chi connectivity index (χ1v) is 29.3. The molecule has 4 aromatic rings. The summed E-state index contributed by atoms with van der Waals surface area (Å²) in [5.41, 5.74) is 7.17. The maximum absolute atomic E-state index is 13.1. The second kappa shape index (κ2) is 28.6. The summed E-state index contributed by atoms with van der Waals surface area (Å²) in [7, 11) is 0. The summed E-state index contributed by atoms with van der Waals surface area (Å²) in [6.45, 7) is 14.7. The Morgan fingerprint density at radius 2 is 0.424 bits per heavy atom. The van der Waals surface area contributed by atoms with E-state index in [2.05, 4.69) is 0 Å². The van der Waals surface area contributed by atoms with Crippen LogP contribution in [0.1, 0.15) is 189 Å². The van der Waals surface area contributed by atoms with Gasteiger partial charge in [0.15, 0.2) is 0 Å². The summed E-state index contributed by atoms with van der Waals surface area (Å²) in [4.78, 5) is 143. The number of carbonyl (C=O) groups excluding carboxylic acids is 8. The number of aryl methyl sites for hydroxylation is 8. The van der Waals surface area contributed by atoms with E-state index in [1.807, 2.05) is 79.7 Å². The summed E-state index contributed by atoms with van der Waals surface area (Å²) < 4.78 is 23.1. The predicted molar refractivity (Wildman–Crippen MR) is 301 cm³/mol. The Morgan fingerprint density at radius 1 is 0.259 bits per heavy atom. The fraction of sp³-hybridized carbons (Fsp3) is 0.508. The van der Waals surface area contributed by atoms with Crippen molar-refractivity contribution in [3.8, 4) is 0 Å². The summed E-state index contributed by atoms with van der Waals surface area (Å²) in [5.74, 6) is -3.15. The van der Waals surface area contributed by atoms with Gasteiger partial charge in [-0.25, -0.2) is 58.3 Å². The van der Waals surface area contributed by atoms with Crippen molar-refractivity contribution in [2.24, 2.45) is 29.1 Å². The van der Waals surface area contributed by atoms with E-state index in [1.54, 1.807) is 48.5 Å².